The molecule has 3 heteroatoms. The molecule has 0 rings (SSSR count). The molecule has 0 amide bonds. The van der Waals surface area contributed by atoms with Crippen LogP contribution in [0.15, 0.2) is 0 Å². The monoisotopic (exact) mass is 258 g/mol. The highest BCUT2D eigenvalue weighted by Gasteiger charge is 2.27. The lowest BCUT2D eigenvalue weighted by molar-refractivity contribution is 0.0230. The van der Waals surface area contributed by atoms with E-state index in [1.54, 1.807) is 0 Å². The van der Waals surface area contributed by atoms with Crippen LogP contribution in [0.2, 0.25) is 0 Å². The largest absolute Gasteiger partial charge is 0.389 e. The van der Waals surface area contributed by atoms with Crippen molar-refractivity contribution in [2.24, 2.45) is 5.41 Å². The third-order valence-corrected chi connectivity index (χ3v) is 3.45. The average Bonchev–Trinajstić information content (AvgIpc) is 2.23. The molecule has 0 aliphatic heterocycles. The zero-order chi connectivity index (χ0) is 14.4. The van der Waals surface area contributed by atoms with Gasteiger partial charge in [0.05, 0.1) is 5.60 Å². The predicted molar refractivity (Wildman–Crippen MR) is 79.9 cm³/mol. The van der Waals surface area contributed by atoms with E-state index < -0.39 is 5.60 Å². The first-order chi connectivity index (χ1) is 8.12. The van der Waals surface area contributed by atoms with Crippen LogP contribution in [-0.2, 0) is 0 Å². The third kappa shape index (κ3) is 8.06. The maximum absolute atomic E-state index is 9.95. The van der Waals surface area contributed by atoms with Crippen molar-refractivity contribution in [1.29, 1.82) is 0 Å². The Labute approximate surface area is 114 Å². The van der Waals surface area contributed by atoms with Crippen LogP contribution >= 0.6 is 0 Å². The summed E-state index contributed by atoms with van der Waals surface area (Å²) in [7, 11) is 0. The van der Waals surface area contributed by atoms with Gasteiger partial charge in [0.1, 0.15) is 0 Å². The Morgan fingerprint density at radius 3 is 2.00 bits per heavy atom. The van der Waals surface area contributed by atoms with E-state index >= 15 is 0 Å². The summed E-state index contributed by atoms with van der Waals surface area (Å²) in [6, 6.07) is 0.528. The topological polar surface area (TPSA) is 35.5 Å². The molecule has 110 valence electrons. The zero-order valence-electron chi connectivity index (χ0n) is 13.5. The minimum atomic E-state index is -0.615. The molecule has 0 radical (unpaired) electrons. The molecule has 0 saturated heterocycles. The second-order valence-electron chi connectivity index (χ2n) is 6.82. The van der Waals surface area contributed by atoms with Gasteiger partial charge in [0, 0.05) is 25.7 Å². The molecule has 0 aromatic rings. The van der Waals surface area contributed by atoms with E-state index in [0.717, 1.165) is 32.6 Å². The van der Waals surface area contributed by atoms with Gasteiger partial charge < -0.3 is 15.3 Å². The van der Waals surface area contributed by atoms with E-state index in [-0.39, 0.29) is 5.41 Å². The van der Waals surface area contributed by atoms with Gasteiger partial charge in [-0.25, -0.2) is 0 Å². The van der Waals surface area contributed by atoms with Gasteiger partial charge in [0.2, 0.25) is 0 Å². The molecule has 0 spiro atoms. The minimum Gasteiger partial charge on any atom is -0.389 e. The van der Waals surface area contributed by atoms with E-state index in [1.165, 1.54) is 0 Å². The van der Waals surface area contributed by atoms with E-state index in [1.807, 2.05) is 13.8 Å². The smallest absolute Gasteiger partial charge is 0.0718 e. The highest BCUT2D eigenvalue weighted by atomic mass is 16.3. The number of nitrogens with zero attached hydrogens (tertiary/aromatic N) is 1. The summed E-state index contributed by atoms with van der Waals surface area (Å²) < 4.78 is 0. The molecule has 18 heavy (non-hydrogen) atoms. The number of aliphatic hydroxyl groups is 1. The molecular weight excluding hydrogens is 224 g/mol. The van der Waals surface area contributed by atoms with Crippen LogP contribution in [-0.4, -0.2) is 47.8 Å². The predicted octanol–water partition coefficient (Wildman–Crippen LogP) is 2.49. The summed E-state index contributed by atoms with van der Waals surface area (Å²) in [6.07, 6.45) is 1.15. The van der Waals surface area contributed by atoms with Crippen LogP contribution in [0.1, 0.15) is 54.9 Å². The molecule has 1 atom stereocenters. The summed E-state index contributed by atoms with van der Waals surface area (Å²) in [4.78, 5) is 2.35. The molecule has 0 aliphatic carbocycles. The van der Waals surface area contributed by atoms with Crippen molar-refractivity contribution in [3.63, 3.8) is 0 Å². The van der Waals surface area contributed by atoms with Gasteiger partial charge >= 0.3 is 0 Å². The average molecular weight is 258 g/mol. The number of hydrogen-bond acceptors (Lipinski definition) is 3. The van der Waals surface area contributed by atoms with Crippen LogP contribution in [0, 0.1) is 5.41 Å². The lowest BCUT2D eigenvalue weighted by atomic mass is 9.86. The molecule has 1 unspecified atom stereocenters. The number of rotatable bonds is 9. The molecule has 0 fully saturated rings. The van der Waals surface area contributed by atoms with Crippen molar-refractivity contribution in [2.75, 3.05) is 26.2 Å². The molecule has 0 aromatic carbocycles. The van der Waals surface area contributed by atoms with Gasteiger partial charge in [-0.15, -0.1) is 0 Å². The summed E-state index contributed by atoms with van der Waals surface area (Å²) in [6.45, 7) is 18.7. The SMILES string of the molecule is CCN(CC(C)(C)O)CC(C)(CC)CNC(C)C. The molecule has 0 saturated carbocycles. The highest BCUT2D eigenvalue weighted by Crippen LogP contribution is 2.22. The summed E-state index contributed by atoms with van der Waals surface area (Å²) in [5, 5.41) is 13.5. The molecule has 0 aliphatic rings. The van der Waals surface area contributed by atoms with Crippen LogP contribution in [0.4, 0.5) is 0 Å². The summed E-state index contributed by atoms with van der Waals surface area (Å²) >= 11 is 0. The van der Waals surface area contributed by atoms with Crippen molar-refractivity contribution >= 4 is 0 Å². The van der Waals surface area contributed by atoms with Crippen molar-refractivity contribution in [3.8, 4) is 0 Å². The summed E-state index contributed by atoms with van der Waals surface area (Å²) in [5.41, 5.74) is -0.346. The van der Waals surface area contributed by atoms with Crippen LogP contribution in [0.25, 0.3) is 0 Å². The maximum Gasteiger partial charge on any atom is 0.0718 e. The van der Waals surface area contributed by atoms with E-state index in [4.69, 9.17) is 0 Å². The Kier molecular flexibility index (Phi) is 7.41. The van der Waals surface area contributed by atoms with Gasteiger partial charge in [-0.05, 0) is 32.2 Å². The first kappa shape index (κ1) is 17.9. The van der Waals surface area contributed by atoms with Gasteiger partial charge in [0.15, 0.2) is 0 Å². The van der Waals surface area contributed by atoms with Crippen LogP contribution in [0.5, 0.6) is 0 Å². The number of hydrogen-bond donors (Lipinski definition) is 2. The Balaban J connectivity index is 4.46. The maximum atomic E-state index is 9.95. The van der Waals surface area contributed by atoms with Crippen LogP contribution in [0.3, 0.4) is 0 Å². The van der Waals surface area contributed by atoms with Gasteiger partial charge in [-0.3, -0.25) is 0 Å². The molecule has 0 aromatic heterocycles. The molecular formula is C15H34N2O. The first-order valence-corrected chi connectivity index (χ1v) is 7.30. The molecule has 3 nitrogen and oxygen atoms in total. The van der Waals surface area contributed by atoms with Crippen molar-refractivity contribution in [1.82, 2.24) is 10.2 Å². The lowest BCUT2D eigenvalue weighted by Crippen LogP contribution is -2.47. The first-order valence-electron chi connectivity index (χ1n) is 7.30. The van der Waals surface area contributed by atoms with Crippen molar-refractivity contribution < 1.29 is 5.11 Å². The lowest BCUT2D eigenvalue weighted by Gasteiger charge is -2.37. The third-order valence-electron chi connectivity index (χ3n) is 3.45. The second kappa shape index (κ2) is 7.46. The Bertz CT molecular complexity index is 223. The number of nitrogens with one attached hydrogen (secondary N) is 1. The van der Waals surface area contributed by atoms with Crippen molar-refractivity contribution in [3.05, 3.63) is 0 Å². The van der Waals surface area contributed by atoms with E-state index in [9.17, 15) is 5.11 Å². The quantitative estimate of drug-likeness (QED) is 0.667. The molecule has 2 N–H and O–H groups in total. The van der Waals surface area contributed by atoms with E-state index in [0.29, 0.717) is 6.04 Å². The standard InChI is InChI=1S/C15H34N2O/c1-8-15(7,10-16-13(3)4)12-17(9-2)11-14(5,6)18/h13,16,18H,8-12H2,1-7H3. The van der Waals surface area contributed by atoms with Gasteiger partial charge in [0.25, 0.3) is 0 Å². The zero-order valence-corrected chi connectivity index (χ0v) is 13.5. The highest BCUT2D eigenvalue weighted by molar-refractivity contribution is 4.82. The molecule has 0 bridgehead atoms. The molecule has 0 heterocycles. The summed E-state index contributed by atoms with van der Waals surface area (Å²) in [5.74, 6) is 0. The van der Waals surface area contributed by atoms with Crippen LogP contribution < -0.4 is 5.32 Å². The Morgan fingerprint density at radius 2 is 1.67 bits per heavy atom. The Morgan fingerprint density at radius 1 is 1.11 bits per heavy atom. The second-order valence-corrected chi connectivity index (χ2v) is 6.82. The Hall–Kier alpha value is -0.120. The minimum absolute atomic E-state index is 0.269. The normalized spacial score (nSPS) is 16.3. The van der Waals surface area contributed by atoms with E-state index in [2.05, 4.69) is 44.8 Å². The fourth-order valence-corrected chi connectivity index (χ4v) is 2.11. The fourth-order valence-electron chi connectivity index (χ4n) is 2.11. The fraction of sp³-hybridized carbons (Fsp3) is 1.00. The van der Waals surface area contributed by atoms with Crippen molar-refractivity contribution in [2.45, 2.75) is 66.5 Å². The van der Waals surface area contributed by atoms with Gasteiger partial charge in [-0.2, -0.15) is 0 Å². The number of likely N-dealkylation sites (N-methyl/N-ethyl adjacent to an activating group) is 1. The van der Waals surface area contributed by atoms with Gasteiger partial charge in [-0.1, -0.05) is 34.6 Å².